The molecule has 1 aliphatic carbocycles. The molecule has 0 saturated carbocycles. The first kappa shape index (κ1) is 20.8. The van der Waals surface area contributed by atoms with Gasteiger partial charge in [-0.25, -0.2) is 14.8 Å². The van der Waals surface area contributed by atoms with Gasteiger partial charge in [0.15, 0.2) is 5.76 Å². The summed E-state index contributed by atoms with van der Waals surface area (Å²) >= 11 is 0. The van der Waals surface area contributed by atoms with E-state index in [4.69, 9.17) is 9.15 Å². The third-order valence-corrected chi connectivity index (χ3v) is 6.03. The highest BCUT2D eigenvalue weighted by Crippen LogP contribution is 2.32. The second-order valence-electron chi connectivity index (χ2n) is 8.08. The van der Waals surface area contributed by atoms with Gasteiger partial charge in [0, 0.05) is 5.92 Å². The van der Waals surface area contributed by atoms with Crippen LogP contribution in [-0.4, -0.2) is 28.8 Å². The minimum absolute atomic E-state index is 0.0737. The Bertz CT molecular complexity index is 1330. The number of oxazole rings is 1. The number of esters is 1. The fourth-order valence-corrected chi connectivity index (χ4v) is 4.26. The van der Waals surface area contributed by atoms with Gasteiger partial charge in [0.1, 0.15) is 11.4 Å². The predicted molar refractivity (Wildman–Crippen MR) is 123 cm³/mol. The Morgan fingerprint density at radius 1 is 0.970 bits per heavy atom. The van der Waals surface area contributed by atoms with Gasteiger partial charge in [-0.2, -0.15) is 0 Å². The number of fused-ring (bicyclic) bond motifs is 1. The molecule has 0 amide bonds. The first-order valence-corrected chi connectivity index (χ1v) is 10.9. The zero-order valence-corrected chi connectivity index (χ0v) is 18.2. The van der Waals surface area contributed by atoms with Gasteiger partial charge in [0.25, 0.3) is 5.89 Å². The Morgan fingerprint density at radius 3 is 2.64 bits per heavy atom. The van der Waals surface area contributed by atoms with Crippen LogP contribution in [-0.2, 0) is 17.6 Å². The molecule has 0 spiro atoms. The van der Waals surface area contributed by atoms with E-state index >= 15 is 0 Å². The van der Waals surface area contributed by atoms with E-state index in [9.17, 15) is 9.59 Å². The minimum Gasteiger partial charge on any atom is -0.464 e. The highest BCUT2D eigenvalue weighted by molar-refractivity contribution is 5.94. The average molecular weight is 438 g/mol. The van der Waals surface area contributed by atoms with Crippen LogP contribution in [0.5, 0.6) is 0 Å². The number of Topliss-reactive ketones (excluding diaryl/α,β-unsaturated/α-hetero) is 1. The van der Waals surface area contributed by atoms with Crippen LogP contribution < -0.4 is 0 Å². The second kappa shape index (κ2) is 8.82. The van der Waals surface area contributed by atoms with Crippen LogP contribution in [0.25, 0.3) is 22.6 Å². The Labute approximate surface area is 191 Å². The molecule has 0 saturated heterocycles. The molecular formula is C27H22N2O4. The van der Waals surface area contributed by atoms with Crippen molar-refractivity contribution in [1.82, 2.24) is 9.97 Å². The molecule has 1 unspecified atom stereocenters. The number of aryl methyl sites for hydroxylation is 1. The van der Waals surface area contributed by atoms with Gasteiger partial charge < -0.3 is 9.15 Å². The number of hydrogen-bond donors (Lipinski definition) is 0. The van der Waals surface area contributed by atoms with Gasteiger partial charge in [0.05, 0.1) is 13.3 Å². The lowest BCUT2D eigenvalue weighted by Crippen LogP contribution is -2.23. The molecule has 6 nitrogen and oxygen atoms in total. The van der Waals surface area contributed by atoms with Gasteiger partial charge in [-0.05, 0) is 53.6 Å². The Hall–Kier alpha value is -4.06. The molecule has 0 aliphatic heterocycles. The first-order valence-electron chi connectivity index (χ1n) is 10.9. The molecule has 33 heavy (non-hydrogen) atoms. The highest BCUT2D eigenvalue weighted by Gasteiger charge is 2.29. The van der Waals surface area contributed by atoms with Crippen LogP contribution in [0.3, 0.4) is 0 Å². The monoisotopic (exact) mass is 438 g/mol. The summed E-state index contributed by atoms with van der Waals surface area (Å²) < 4.78 is 10.5. The number of nitrogens with zero attached hydrogens (tertiary/aromatic N) is 2. The molecule has 4 aromatic rings. The van der Waals surface area contributed by atoms with Gasteiger partial charge in [-0.3, -0.25) is 4.79 Å². The number of ether oxygens (including phenoxy) is 1. The van der Waals surface area contributed by atoms with Crippen molar-refractivity contribution in [2.75, 3.05) is 7.11 Å². The first-order chi connectivity index (χ1) is 16.1. The lowest BCUT2D eigenvalue weighted by molar-refractivity contribution is 0.0594. The van der Waals surface area contributed by atoms with Crippen molar-refractivity contribution in [3.05, 3.63) is 95.6 Å². The second-order valence-corrected chi connectivity index (χ2v) is 8.08. The van der Waals surface area contributed by atoms with Crippen molar-refractivity contribution in [1.29, 1.82) is 0 Å². The minimum atomic E-state index is -0.538. The van der Waals surface area contributed by atoms with Gasteiger partial charge in [0.2, 0.25) is 5.78 Å². The summed E-state index contributed by atoms with van der Waals surface area (Å²) in [5.41, 5.74) is 5.45. The molecule has 2 heterocycles. The predicted octanol–water partition coefficient (Wildman–Crippen LogP) is 5.18. The van der Waals surface area contributed by atoms with E-state index in [0.717, 1.165) is 12.8 Å². The number of hydrogen-bond acceptors (Lipinski definition) is 6. The van der Waals surface area contributed by atoms with Crippen molar-refractivity contribution in [3.63, 3.8) is 0 Å². The maximum atomic E-state index is 13.1. The zero-order chi connectivity index (χ0) is 22.8. The van der Waals surface area contributed by atoms with Crippen LogP contribution in [0.15, 0.2) is 77.3 Å². The van der Waals surface area contributed by atoms with E-state index in [0.29, 0.717) is 17.9 Å². The Kier molecular flexibility index (Phi) is 5.57. The largest absolute Gasteiger partial charge is 0.464 e. The number of ketones is 1. The third kappa shape index (κ3) is 4.20. The fraction of sp³-hybridized carbons (Fsp3) is 0.185. The SMILES string of the molecule is COC(=O)c1cccc(-c2cnc(C(=O)C3CCc4cc(-c5ccccc5)ccc4C3)o2)n1. The van der Waals surface area contributed by atoms with Crippen LogP contribution in [0.1, 0.15) is 38.7 Å². The lowest BCUT2D eigenvalue weighted by Gasteiger charge is -2.23. The molecule has 0 N–H and O–H groups in total. The summed E-state index contributed by atoms with van der Waals surface area (Å²) in [6, 6.07) is 21.7. The van der Waals surface area contributed by atoms with Gasteiger partial charge in [-0.15, -0.1) is 0 Å². The van der Waals surface area contributed by atoms with Gasteiger partial charge >= 0.3 is 5.97 Å². The van der Waals surface area contributed by atoms with Crippen LogP contribution >= 0.6 is 0 Å². The number of methoxy groups -OCH3 is 1. The Morgan fingerprint density at radius 2 is 1.82 bits per heavy atom. The zero-order valence-electron chi connectivity index (χ0n) is 18.2. The normalized spacial score (nSPS) is 15.0. The van der Waals surface area contributed by atoms with E-state index in [1.807, 2.05) is 18.2 Å². The summed E-state index contributed by atoms with van der Waals surface area (Å²) in [5.74, 6) is -0.412. The van der Waals surface area contributed by atoms with Crippen LogP contribution in [0.4, 0.5) is 0 Å². The maximum Gasteiger partial charge on any atom is 0.356 e. The van der Waals surface area contributed by atoms with E-state index in [2.05, 4.69) is 40.3 Å². The number of pyridine rings is 1. The molecule has 5 rings (SSSR count). The Balaban J connectivity index is 1.33. The fourth-order valence-electron chi connectivity index (χ4n) is 4.26. The number of aromatic nitrogens is 2. The van der Waals surface area contributed by atoms with Crippen molar-refractivity contribution in [2.45, 2.75) is 19.3 Å². The molecule has 0 radical (unpaired) electrons. The quantitative estimate of drug-likeness (QED) is 0.315. The highest BCUT2D eigenvalue weighted by atomic mass is 16.5. The molecule has 0 fully saturated rings. The molecule has 1 aliphatic rings. The number of benzene rings is 2. The van der Waals surface area contributed by atoms with Crippen LogP contribution in [0, 0.1) is 5.92 Å². The van der Waals surface area contributed by atoms with Crippen molar-refractivity contribution in [2.24, 2.45) is 5.92 Å². The third-order valence-electron chi connectivity index (χ3n) is 6.03. The van der Waals surface area contributed by atoms with Crippen molar-refractivity contribution >= 4 is 11.8 Å². The molecular weight excluding hydrogens is 416 g/mol. The van der Waals surface area contributed by atoms with E-state index < -0.39 is 5.97 Å². The topological polar surface area (TPSA) is 82.3 Å². The van der Waals surface area contributed by atoms with Crippen molar-refractivity contribution < 1.29 is 18.7 Å². The van der Waals surface area contributed by atoms with Gasteiger partial charge in [-0.1, -0.05) is 54.6 Å². The summed E-state index contributed by atoms with van der Waals surface area (Å²) in [4.78, 5) is 33.3. The van der Waals surface area contributed by atoms with Crippen LogP contribution in [0.2, 0.25) is 0 Å². The maximum absolute atomic E-state index is 13.1. The molecule has 2 aromatic heterocycles. The molecule has 2 aromatic carbocycles. The van der Waals surface area contributed by atoms with E-state index in [-0.39, 0.29) is 23.3 Å². The number of rotatable bonds is 5. The molecule has 6 heteroatoms. The molecule has 164 valence electrons. The molecule has 0 bridgehead atoms. The summed E-state index contributed by atoms with van der Waals surface area (Å²) in [6.07, 6.45) is 3.72. The van der Waals surface area contributed by atoms with E-state index in [1.165, 1.54) is 35.6 Å². The number of carbonyl (C=O) groups is 2. The average Bonchev–Trinajstić information content (AvgIpc) is 3.38. The lowest BCUT2D eigenvalue weighted by atomic mass is 9.80. The number of carbonyl (C=O) groups excluding carboxylic acids is 2. The standard InChI is InChI=1S/C27H22N2O4/c1-32-27(31)23-9-5-8-22(29-23)24-16-28-26(33-24)25(30)21-13-12-19-14-18(10-11-20(19)15-21)17-6-3-2-4-7-17/h2-11,14,16,21H,12-13,15H2,1H3. The van der Waals surface area contributed by atoms with Crippen molar-refractivity contribution in [3.8, 4) is 22.6 Å². The molecule has 1 atom stereocenters. The summed E-state index contributed by atoms with van der Waals surface area (Å²) in [7, 11) is 1.30. The summed E-state index contributed by atoms with van der Waals surface area (Å²) in [5, 5.41) is 0. The van der Waals surface area contributed by atoms with E-state index in [1.54, 1.807) is 18.2 Å². The smallest absolute Gasteiger partial charge is 0.356 e. The summed E-state index contributed by atoms with van der Waals surface area (Å²) in [6.45, 7) is 0.